The van der Waals surface area contributed by atoms with E-state index >= 15 is 0 Å². The summed E-state index contributed by atoms with van der Waals surface area (Å²) in [6.45, 7) is 6.22. The van der Waals surface area contributed by atoms with Gasteiger partial charge in [0, 0.05) is 12.6 Å². The maximum atomic E-state index is 2.59. The minimum absolute atomic E-state index is 0.685. The quantitative estimate of drug-likeness (QED) is 0.633. The van der Waals surface area contributed by atoms with E-state index in [0.717, 1.165) is 12.0 Å². The van der Waals surface area contributed by atoms with Crippen LogP contribution in [-0.4, -0.2) is 24.5 Å². The van der Waals surface area contributed by atoms with Crippen molar-refractivity contribution in [1.82, 2.24) is 4.90 Å². The van der Waals surface area contributed by atoms with Gasteiger partial charge in [-0.1, -0.05) is 20.3 Å². The van der Waals surface area contributed by atoms with Crippen LogP contribution in [0, 0.1) is 11.3 Å². The van der Waals surface area contributed by atoms with Gasteiger partial charge in [0.2, 0.25) is 0 Å². The van der Waals surface area contributed by atoms with Crippen LogP contribution < -0.4 is 0 Å². The molecular weight excluding hydrogens is 158 g/mol. The molecule has 2 saturated heterocycles. The molecule has 0 aromatic rings. The molecule has 1 aliphatic carbocycles. The average Bonchev–Trinajstić information content (AvgIpc) is 2.07. The summed E-state index contributed by atoms with van der Waals surface area (Å²) in [6.07, 6.45) is 7.22. The maximum absolute atomic E-state index is 2.59. The van der Waals surface area contributed by atoms with Crippen LogP contribution in [-0.2, 0) is 0 Å². The fourth-order valence-corrected chi connectivity index (χ4v) is 3.61. The van der Waals surface area contributed by atoms with Gasteiger partial charge in [-0.3, -0.25) is 0 Å². The Morgan fingerprint density at radius 1 is 1.38 bits per heavy atom. The van der Waals surface area contributed by atoms with Crippen LogP contribution in [0.3, 0.4) is 0 Å². The van der Waals surface area contributed by atoms with E-state index in [4.69, 9.17) is 0 Å². The van der Waals surface area contributed by atoms with Crippen molar-refractivity contribution in [3.8, 4) is 0 Å². The Bertz CT molecular complexity index is 190. The SMILES string of the molecule is CCCC1(C)CC2CCC1CN2C. The number of piperidine rings is 2. The monoisotopic (exact) mass is 181 g/mol. The van der Waals surface area contributed by atoms with Crippen LogP contribution in [0.1, 0.15) is 46.0 Å². The predicted molar refractivity (Wildman–Crippen MR) is 56.8 cm³/mol. The van der Waals surface area contributed by atoms with Gasteiger partial charge in [0.25, 0.3) is 0 Å². The molecule has 2 aliphatic heterocycles. The van der Waals surface area contributed by atoms with Gasteiger partial charge < -0.3 is 4.90 Å². The average molecular weight is 181 g/mol. The number of fused-ring (bicyclic) bond motifs is 3. The largest absolute Gasteiger partial charge is 0.303 e. The highest BCUT2D eigenvalue weighted by molar-refractivity contribution is 4.98. The topological polar surface area (TPSA) is 3.24 Å². The van der Waals surface area contributed by atoms with Crippen molar-refractivity contribution in [2.45, 2.75) is 52.0 Å². The van der Waals surface area contributed by atoms with E-state index in [1.54, 1.807) is 0 Å². The van der Waals surface area contributed by atoms with Crippen LogP contribution in [0.2, 0.25) is 0 Å². The lowest BCUT2D eigenvalue weighted by Crippen LogP contribution is -2.54. The summed E-state index contributed by atoms with van der Waals surface area (Å²) in [7, 11) is 2.31. The molecule has 3 atom stereocenters. The van der Waals surface area contributed by atoms with E-state index in [2.05, 4.69) is 25.8 Å². The molecule has 3 unspecified atom stereocenters. The summed E-state index contributed by atoms with van der Waals surface area (Å²) in [6, 6.07) is 0.904. The Morgan fingerprint density at radius 3 is 2.62 bits per heavy atom. The first-order valence-electron chi connectivity index (χ1n) is 5.86. The fraction of sp³-hybridized carbons (Fsp3) is 1.00. The van der Waals surface area contributed by atoms with Gasteiger partial charge in [-0.15, -0.1) is 0 Å². The molecule has 2 heterocycles. The molecule has 0 spiro atoms. The number of hydrogen-bond donors (Lipinski definition) is 0. The van der Waals surface area contributed by atoms with E-state index in [1.165, 1.54) is 38.6 Å². The van der Waals surface area contributed by atoms with Gasteiger partial charge in [-0.25, -0.2) is 0 Å². The summed E-state index contributed by atoms with van der Waals surface area (Å²) < 4.78 is 0. The molecule has 0 N–H and O–H groups in total. The zero-order chi connectivity index (χ0) is 9.47. The van der Waals surface area contributed by atoms with Crippen LogP contribution in [0.5, 0.6) is 0 Å². The van der Waals surface area contributed by atoms with Gasteiger partial charge in [0.15, 0.2) is 0 Å². The molecule has 0 aromatic carbocycles. The zero-order valence-electron chi connectivity index (χ0n) is 9.34. The predicted octanol–water partition coefficient (Wildman–Crippen LogP) is 2.91. The molecule has 13 heavy (non-hydrogen) atoms. The van der Waals surface area contributed by atoms with Crippen LogP contribution in [0.25, 0.3) is 0 Å². The second-order valence-corrected chi connectivity index (χ2v) is 5.48. The molecule has 76 valence electrons. The van der Waals surface area contributed by atoms with Crippen molar-refractivity contribution in [2.75, 3.05) is 13.6 Å². The molecule has 1 saturated carbocycles. The second kappa shape index (κ2) is 3.27. The van der Waals surface area contributed by atoms with Gasteiger partial charge >= 0.3 is 0 Å². The highest BCUT2D eigenvalue weighted by Crippen LogP contribution is 2.49. The van der Waals surface area contributed by atoms with Gasteiger partial charge in [0.1, 0.15) is 0 Å². The Morgan fingerprint density at radius 2 is 2.15 bits per heavy atom. The summed E-state index contributed by atoms with van der Waals surface area (Å²) in [5.74, 6) is 0.988. The first-order chi connectivity index (χ1) is 6.15. The molecule has 1 heteroatoms. The second-order valence-electron chi connectivity index (χ2n) is 5.48. The summed E-state index contributed by atoms with van der Waals surface area (Å²) in [5, 5.41) is 0. The zero-order valence-corrected chi connectivity index (χ0v) is 9.34. The Balaban J connectivity index is 2.09. The van der Waals surface area contributed by atoms with Crippen molar-refractivity contribution < 1.29 is 0 Å². The Kier molecular flexibility index (Phi) is 2.39. The first-order valence-corrected chi connectivity index (χ1v) is 5.86. The van der Waals surface area contributed by atoms with Gasteiger partial charge in [-0.05, 0) is 44.1 Å². The third kappa shape index (κ3) is 1.52. The van der Waals surface area contributed by atoms with E-state index in [9.17, 15) is 0 Å². The molecule has 3 rings (SSSR count). The van der Waals surface area contributed by atoms with E-state index in [-0.39, 0.29) is 0 Å². The lowest BCUT2D eigenvalue weighted by Gasteiger charge is -2.54. The lowest BCUT2D eigenvalue weighted by atomic mass is 9.60. The number of hydrogen-bond acceptors (Lipinski definition) is 1. The van der Waals surface area contributed by atoms with Crippen LogP contribution >= 0.6 is 0 Å². The molecule has 1 nitrogen and oxygen atoms in total. The normalized spacial score (nSPS) is 45.5. The number of rotatable bonds is 2. The lowest BCUT2D eigenvalue weighted by molar-refractivity contribution is -0.0403. The molecule has 2 bridgehead atoms. The third-order valence-electron chi connectivity index (χ3n) is 4.49. The highest BCUT2D eigenvalue weighted by atomic mass is 15.2. The molecular formula is C12H23N. The van der Waals surface area contributed by atoms with E-state index in [1.807, 2.05) is 0 Å². The highest BCUT2D eigenvalue weighted by Gasteiger charge is 2.45. The minimum atomic E-state index is 0.685. The van der Waals surface area contributed by atoms with Crippen molar-refractivity contribution in [3.63, 3.8) is 0 Å². The maximum Gasteiger partial charge on any atom is 0.00977 e. The molecule has 0 aromatic heterocycles. The Hall–Kier alpha value is -0.0400. The first kappa shape index (κ1) is 9.51. The summed E-state index contributed by atoms with van der Waals surface area (Å²) in [5.41, 5.74) is 0.685. The van der Waals surface area contributed by atoms with Crippen molar-refractivity contribution in [2.24, 2.45) is 11.3 Å². The smallest absolute Gasteiger partial charge is 0.00977 e. The van der Waals surface area contributed by atoms with Gasteiger partial charge in [0.05, 0.1) is 0 Å². The van der Waals surface area contributed by atoms with Crippen molar-refractivity contribution in [1.29, 1.82) is 0 Å². The minimum Gasteiger partial charge on any atom is -0.303 e. The van der Waals surface area contributed by atoms with Crippen molar-refractivity contribution >= 4 is 0 Å². The fourth-order valence-electron chi connectivity index (χ4n) is 3.61. The third-order valence-corrected chi connectivity index (χ3v) is 4.49. The Labute approximate surface area is 82.5 Å². The summed E-state index contributed by atoms with van der Waals surface area (Å²) in [4.78, 5) is 2.59. The molecule has 3 aliphatic rings. The van der Waals surface area contributed by atoms with E-state index in [0.29, 0.717) is 5.41 Å². The summed E-state index contributed by atoms with van der Waals surface area (Å²) >= 11 is 0. The standard InChI is InChI=1S/C12H23N/c1-4-7-12(2)8-11-6-5-10(12)9-13(11)3/h10-11H,4-9H2,1-3H3. The molecule has 0 amide bonds. The van der Waals surface area contributed by atoms with Gasteiger partial charge in [-0.2, -0.15) is 0 Å². The van der Waals surface area contributed by atoms with Crippen LogP contribution in [0.15, 0.2) is 0 Å². The van der Waals surface area contributed by atoms with E-state index < -0.39 is 0 Å². The number of nitrogens with zero attached hydrogens (tertiary/aromatic N) is 1. The van der Waals surface area contributed by atoms with Crippen molar-refractivity contribution in [3.05, 3.63) is 0 Å². The molecule has 3 fully saturated rings. The molecule has 0 radical (unpaired) electrons. The van der Waals surface area contributed by atoms with Crippen LogP contribution in [0.4, 0.5) is 0 Å².